The standard InChI is InChI=1S/C12H10ClN3O3/c1-7-3-9(13)10(16(17)18)5-11(7)19-12-4-8(2)14-6-15-12/h3-6H,1-2H3. The van der Waals surface area contributed by atoms with E-state index in [-0.39, 0.29) is 10.7 Å². The summed E-state index contributed by atoms with van der Waals surface area (Å²) < 4.78 is 5.52. The average Bonchev–Trinajstić information content (AvgIpc) is 2.32. The molecular weight excluding hydrogens is 270 g/mol. The van der Waals surface area contributed by atoms with Gasteiger partial charge in [-0.2, -0.15) is 0 Å². The molecule has 0 unspecified atom stereocenters. The van der Waals surface area contributed by atoms with Crippen LogP contribution >= 0.6 is 11.6 Å². The van der Waals surface area contributed by atoms with Crippen molar-refractivity contribution in [3.63, 3.8) is 0 Å². The zero-order valence-corrected chi connectivity index (χ0v) is 11.0. The second-order valence-electron chi connectivity index (χ2n) is 3.93. The van der Waals surface area contributed by atoms with Crippen molar-refractivity contribution in [1.82, 2.24) is 9.97 Å². The average molecular weight is 280 g/mol. The zero-order valence-electron chi connectivity index (χ0n) is 10.3. The number of benzene rings is 1. The van der Waals surface area contributed by atoms with Crippen molar-refractivity contribution in [3.05, 3.63) is 50.9 Å². The summed E-state index contributed by atoms with van der Waals surface area (Å²) in [5, 5.41) is 10.9. The highest BCUT2D eigenvalue weighted by Gasteiger charge is 2.16. The lowest BCUT2D eigenvalue weighted by Crippen LogP contribution is -1.95. The molecule has 1 aromatic carbocycles. The molecule has 19 heavy (non-hydrogen) atoms. The Bertz CT molecular complexity index is 646. The Labute approximate surface area is 114 Å². The third-order valence-electron chi connectivity index (χ3n) is 2.43. The van der Waals surface area contributed by atoms with E-state index >= 15 is 0 Å². The smallest absolute Gasteiger partial charge is 0.291 e. The highest BCUT2D eigenvalue weighted by molar-refractivity contribution is 6.32. The third kappa shape index (κ3) is 2.97. The van der Waals surface area contributed by atoms with Crippen LogP contribution in [0.3, 0.4) is 0 Å². The van der Waals surface area contributed by atoms with Crippen molar-refractivity contribution >= 4 is 17.3 Å². The maximum absolute atomic E-state index is 10.8. The first-order valence-corrected chi connectivity index (χ1v) is 5.76. The second kappa shape index (κ2) is 5.19. The van der Waals surface area contributed by atoms with E-state index in [2.05, 4.69) is 9.97 Å². The van der Waals surface area contributed by atoms with Gasteiger partial charge in [0.15, 0.2) is 0 Å². The number of nitro benzene ring substituents is 1. The topological polar surface area (TPSA) is 78.2 Å². The summed E-state index contributed by atoms with van der Waals surface area (Å²) in [5.41, 5.74) is 1.23. The van der Waals surface area contributed by atoms with Gasteiger partial charge in [-0.1, -0.05) is 11.6 Å². The van der Waals surface area contributed by atoms with E-state index in [0.717, 1.165) is 5.69 Å². The molecule has 0 aliphatic heterocycles. The number of nitrogens with zero attached hydrogens (tertiary/aromatic N) is 3. The van der Waals surface area contributed by atoms with E-state index in [0.29, 0.717) is 17.2 Å². The summed E-state index contributed by atoms with van der Waals surface area (Å²) in [7, 11) is 0. The number of halogens is 1. The molecule has 0 spiro atoms. The quantitative estimate of drug-likeness (QED) is 0.635. The monoisotopic (exact) mass is 279 g/mol. The van der Waals surface area contributed by atoms with Gasteiger partial charge in [0.25, 0.3) is 5.69 Å². The van der Waals surface area contributed by atoms with E-state index in [9.17, 15) is 10.1 Å². The molecule has 0 saturated heterocycles. The molecular formula is C12H10ClN3O3. The molecule has 1 aromatic heterocycles. The predicted molar refractivity (Wildman–Crippen MR) is 69.7 cm³/mol. The van der Waals surface area contributed by atoms with Crippen molar-refractivity contribution < 1.29 is 9.66 Å². The van der Waals surface area contributed by atoms with Crippen LogP contribution in [0.25, 0.3) is 0 Å². The van der Waals surface area contributed by atoms with Gasteiger partial charge in [-0.05, 0) is 25.5 Å². The van der Waals surface area contributed by atoms with Crippen LogP contribution in [0, 0.1) is 24.0 Å². The largest absolute Gasteiger partial charge is 0.438 e. The molecule has 0 radical (unpaired) electrons. The van der Waals surface area contributed by atoms with Crippen LogP contribution in [0.5, 0.6) is 11.6 Å². The van der Waals surface area contributed by atoms with Gasteiger partial charge in [0.2, 0.25) is 5.88 Å². The molecule has 0 aliphatic rings. The van der Waals surface area contributed by atoms with E-state index < -0.39 is 4.92 Å². The van der Waals surface area contributed by atoms with Gasteiger partial charge in [0, 0.05) is 11.8 Å². The van der Waals surface area contributed by atoms with Gasteiger partial charge >= 0.3 is 0 Å². The van der Waals surface area contributed by atoms with Crippen LogP contribution in [0.1, 0.15) is 11.3 Å². The molecule has 1 heterocycles. The van der Waals surface area contributed by atoms with Crippen molar-refractivity contribution in [1.29, 1.82) is 0 Å². The molecule has 6 nitrogen and oxygen atoms in total. The number of nitro groups is 1. The van der Waals surface area contributed by atoms with Crippen molar-refractivity contribution in [2.24, 2.45) is 0 Å². The summed E-state index contributed by atoms with van der Waals surface area (Å²) in [6, 6.07) is 4.41. The Morgan fingerprint density at radius 2 is 2.00 bits per heavy atom. The fourth-order valence-electron chi connectivity index (χ4n) is 1.49. The van der Waals surface area contributed by atoms with E-state index in [4.69, 9.17) is 16.3 Å². The van der Waals surface area contributed by atoms with Gasteiger partial charge in [0.1, 0.15) is 17.1 Å². The zero-order chi connectivity index (χ0) is 14.0. The Morgan fingerprint density at radius 1 is 1.26 bits per heavy atom. The molecule has 0 aliphatic carbocycles. The molecule has 0 fully saturated rings. The van der Waals surface area contributed by atoms with Crippen LogP contribution in [0.2, 0.25) is 5.02 Å². The number of rotatable bonds is 3. The van der Waals surface area contributed by atoms with Crippen molar-refractivity contribution in [2.75, 3.05) is 0 Å². The minimum Gasteiger partial charge on any atom is -0.438 e. The van der Waals surface area contributed by atoms with Crippen LogP contribution < -0.4 is 4.74 Å². The summed E-state index contributed by atoms with van der Waals surface area (Å²) in [4.78, 5) is 18.2. The molecule has 0 N–H and O–H groups in total. The number of hydrogen-bond donors (Lipinski definition) is 0. The minimum atomic E-state index is -0.556. The minimum absolute atomic E-state index is 0.0775. The fraction of sp³-hybridized carbons (Fsp3) is 0.167. The number of hydrogen-bond acceptors (Lipinski definition) is 5. The molecule has 2 aromatic rings. The van der Waals surface area contributed by atoms with Gasteiger partial charge < -0.3 is 4.74 Å². The number of aryl methyl sites for hydroxylation is 2. The third-order valence-corrected chi connectivity index (χ3v) is 2.74. The highest BCUT2D eigenvalue weighted by Crippen LogP contribution is 2.33. The first-order valence-electron chi connectivity index (χ1n) is 5.38. The lowest BCUT2D eigenvalue weighted by Gasteiger charge is -2.08. The molecule has 0 saturated carbocycles. The SMILES string of the molecule is Cc1cc(Oc2cc([N+](=O)[O-])c(Cl)cc2C)ncn1. The second-order valence-corrected chi connectivity index (χ2v) is 4.33. The molecule has 2 rings (SSSR count). The first-order chi connectivity index (χ1) is 8.97. The summed E-state index contributed by atoms with van der Waals surface area (Å²) in [6.07, 6.45) is 1.37. The van der Waals surface area contributed by atoms with Gasteiger partial charge in [-0.3, -0.25) is 10.1 Å². The highest BCUT2D eigenvalue weighted by atomic mass is 35.5. The predicted octanol–water partition coefficient (Wildman–Crippen LogP) is 3.45. The van der Waals surface area contributed by atoms with Gasteiger partial charge in [-0.15, -0.1) is 0 Å². The number of ether oxygens (including phenoxy) is 1. The normalized spacial score (nSPS) is 10.3. The van der Waals surface area contributed by atoms with Crippen LogP contribution in [-0.2, 0) is 0 Å². The van der Waals surface area contributed by atoms with E-state index in [1.807, 2.05) is 0 Å². The molecule has 7 heteroatoms. The Hall–Kier alpha value is -2.21. The van der Waals surface area contributed by atoms with Crippen molar-refractivity contribution in [2.45, 2.75) is 13.8 Å². The first kappa shape index (κ1) is 13.2. The fourth-order valence-corrected chi connectivity index (χ4v) is 1.78. The lowest BCUT2D eigenvalue weighted by molar-refractivity contribution is -0.384. The Balaban J connectivity index is 2.40. The summed E-state index contributed by atoms with van der Waals surface area (Å²) >= 11 is 5.80. The van der Waals surface area contributed by atoms with E-state index in [1.54, 1.807) is 19.9 Å². The molecule has 0 amide bonds. The Morgan fingerprint density at radius 3 is 2.63 bits per heavy atom. The lowest BCUT2D eigenvalue weighted by atomic mass is 10.2. The Kier molecular flexibility index (Phi) is 3.62. The van der Waals surface area contributed by atoms with Crippen LogP contribution in [0.4, 0.5) is 5.69 Å². The van der Waals surface area contributed by atoms with Crippen molar-refractivity contribution in [3.8, 4) is 11.6 Å². The maximum atomic E-state index is 10.8. The summed E-state index contributed by atoms with van der Waals surface area (Å²) in [6.45, 7) is 3.55. The van der Waals surface area contributed by atoms with Crippen LogP contribution in [-0.4, -0.2) is 14.9 Å². The molecule has 0 atom stereocenters. The van der Waals surface area contributed by atoms with Gasteiger partial charge in [-0.25, -0.2) is 9.97 Å². The molecule has 0 bridgehead atoms. The molecule has 98 valence electrons. The maximum Gasteiger partial charge on any atom is 0.291 e. The van der Waals surface area contributed by atoms with E-state index in [1.165, 1.54) is 18.5 Å². The van der Waals surface area contributed by atoms with Crippen LogP contribution in [0.15, 0.2) is 24.5 Å². The van der Waals surface area contributed by atoms with Gasteiger partial charge in [0.05, 0.1) is 11.0 Å². The number of aromatic nitrogens is 2. The summed E-state index contributed by atoms with van der Waals surface area (Å²) in [5.74, 6) is 0.668.